The topological polar surface area (TPSA) is 3.88 Å². The average Bonchev–Trinajstić information content (AvgIpc) is 1.94. The zero-order valence-corrected chi connectivity index (χ0v) is 6.89. The van der Waals surface area contributed by atoms with Gasteiger partial charge in [-0.15, -0.1) is 0 Å². The van der Waals surface area contributed by atoms with Crippen LogP contribution >= 0.6 is 0 Å². The Labute approximate surface area is 62.3 Å². The molecule has 54 valence electrons. The van der Waals surface area contributed by atoms with E-state index in [1.165, 1.54) is 11.1 Å². The fourth-order valence-corrected chi connectivity index (χ4v) is 1.10. The zero-order chi connectivity index (χ0) is 7.56. The highest BCUT2D eigenvalue weighted by atomic mass is 14.9. The minimum Gasteiger partial charge on any atom is -0.208 e. The lowest BCUT2D eigenvalue weighted by Crippen LogP contribution is -2.27. The van der Waals surface area contributed by atoms with Crippen molar-refractivity contribution in [2.45, 2.75) is 20.3 Å². The van der Waals surface area contributed by atoms with Gasteiger partial charge in [-0.3, -0.25) is 0 Å². The smallest absolute Gasteiger partial charge is 0.171 e. The van der Waals surface area contributed by atoms with Gasteiger partial charge >= 0.3 is 0 Å². The molecule has 0 fully saturated rings. The molecule has 1 heteroatoms. The largest absolute Gasteiger partial charge is 0.208 e. The number of nitrogens with zero attached hydrogens (tertiary/aromatic N) is 1. The normalized spacial score (nSPS) is 9.90. The van der Waals surface area contributed by atoms with Crippen molar-refractivity contribution in [3.63, 3.8) is 0 Å². The maximum absolute atomic E-state index is 2.18. The molecule has 0 radical (unpaired) electrons. The molecule has 0 unspecified atom stereocenters. The molecule has 0 aromatic carbocycles. The molecule has 10 heavy (non-hydrogen) atoms. The summed E-state index contributed by atoms with van der Waals surface area (Å²) in [6, 6.07) is 2.15. The summed E-state index contributed by atoms with van der Waals surface area (Å²) in [4.78, 5) is 0. The van der Waals surface area contributed by atoms with E-state index >= 15 is 0 Å². The van der Waals surface area contributed by atoms with Crippen molar-refractivity contribution in [1.29, 1.82) is 0 Å². The van der Waals surface area contributed by atoms with Crippen LogP contribution in [0.2, 0.25) is 0 Å². The van der Waals surface area contributed by atoms with E-state index in [2.05, 4.69) is 43.9 Å². The van der Waals surface area contributed by atoms with Gasteiger partial charge in [0.1, 0.15) is 7.05 Å². The van der Waals surface area contributed by atoms with Gasteiger partial charge in [-0.1, -0.05) is 6.92 Å². The van der Waals surface area contributed by atoms with Crippen molar-refractivity contribution in [2.24, 2.45) is 7.05 Å². The molecule has 1 aromatic rings. The van der Waals surface area contributed by atoms with Gasteiger partial charge in [-0.25, -0.2) is 4.57 Å². The molecular weight excluding hydrogens is 122 g/mol. The van der Waals surface area contributed by atoms with Crippen LogP contribution in [0.4, 0.5) is 0 Å². The summed E-state index contributed by atoms with van der Waals surface area (Å²) in [5.41, 5.74) is 2.82. The van der Waals surface area contributed by atoms with Crippen LogP contribution in [0.1, 0.15) is 18.1 Å². The van der Waals surface area contributed by atoms with Gasteiger partial charge in [0.05, 0.1) is 0 Å². The van der Waals surface area contributed by atoms with Crippen LogP contribution in [0.25, 0.3) is 0 Å². The Hall–Kier alpha value is -0.850. The minimum atomic E-state index is 1.13. The van der Waals surface area contributed by atoms with E-state index in [0.717, 1.165) is 6.42 Å². The third-order valence-corrected chi connectivity index (χ3v) is 1.81. The lowest BCUT2D eigenvalue weighted by molar-refractivity contribution is -0.672. The van der Waals surface area contributed by atoms with Crippen LogP contribution in [-0.4, -0.2) is 0 Å². The minimum absolute atomic E-state index is 1.13. The van der Waals surface area contributed by atoms with Crippen LogP contribution in [0, 0.1) is 6.92 Å². The number of aryl methyl sites for hydroxylation is 3. The molecule has 1 rings (SSSR count). The third kappa shape index (κ3) is 1.35. The third-order valence-electron chi connectivity index (χ3n) is 1.81. The van der Waals surface area contributed by atoms with Gasteiger partial charge < -0.3 is 0 Å². The van der Waals surface area contributed by atoms with Crippen LogP contribution in [0.15, 0.2) is 18.5 Å². The van der Waals surface area contributed by atoms with Crippen LogP contribution in [0.5, 0.6) is 0 Å². The van der Waals surface area contributed by atoms with Crippen molar-refractivity contribution < 1.29 is 4.57 Å². The zero-order valence-electron chi connectivity index (χ0n) is 6.89. The van der Waals surface area contributed by atoms with Crippen molar-refractivity contribution in [3.05, 3.63) is 29.6 Å². The first-order chi connectivity index (χ1) is 4.74. The lowest BCUT2D eigenvalue weighted by atomic mass is 10.1. The van der Waals surface area contributed by atoms with Crippen molar-refractivity contribution in [2.75, 3.05) is 0 Å². The molecule has 0 aliphatic carbocycles. The first-order valence-corrected chi connectivity index (χ1v) is 3.68. The van der Waals surface area contributed by atoms with E-state index in [9.17, 15) is 0 Å². The standard InChI is InChI=1S/C9H14N/c1-4-9-7-10(3)6-5-8(9)2/h5-7H,4H2,1-3H3/q+1. The lowest BCUT2D eigenvalue weighted by Gasteiger charge is -1.97. The second-order valence-electron chi connectivity index (χ2n) is 2.67. The van der Waals surface area contributed by atoms with Crippen LogP contribution < -0.4 is 4.57 Å². The van der Waals surface area contributed by atoms with E-state index in [-0.39, 0.29) is 0 Å². The fourth-order valence-electron chi connectivity index (χ4n) is 1.10. The van der Waals surface area contributed by atoms with Gasteiger partial charge in [0, 0.05) is 11.6 Å². The molecule has 0 amide bonds. The summed E-state index contributed by atoms with van der Waals surface area (Å²) >= 11 is 0. The van der Waals surface area contributed by atoms with Gasteiger partial charge in [-0.05, 0) is 18.9 Å². The van der Waals surface area contributed by atoms with E-state index in [1.807, 2.05) is 0 Å². The first-order valence-electron chi connectivity index (χ1n) is 3.68. The molecule has 1 nitrogen and oxygen atoms in total. The quantitative estimate of drug-likeness (QED) is 0.513. The Morgan fingerprint density at radius 1 is 1.50 bits per heavy atom. The molecule has 0 aliphatic heterocycles. The summed E-state index contributed by atoms with van der Waals surface area (Å²) < 4.78 is 2.09. The van der Waals surface area contributed by atoms with Crippen LogP contribution in [-0.2, 0) is 13.5 Å². The highest BCUT2D eigenvalue weighted by molar-refractivity contribution is 5.18. The fraction of sp³-hybridized carbons (Fsp3) is 0.444. The molecule has 0 saturated heterocycles. The average molecular weight is 136 g/mol. The molecule has 0 bridgehead atoms. The van der Waals surface area contributed by atoms with E-state index in [1.54, 1.807) is 0 Å². The summed E-state index contributed by atoms with van der Waals surface area (Å²) in [5, 5.41) is 0. The monoisotopic (exact) mass is 136 g/mol. The van der Waals surface area contributed by atoms with Gasteiger partial charge in [-0.2, -0.15) is 0 Å². The molecule has 1 aromatic heterocycles. The number of pyridine rings is 1. The van der Waals surface area contributed by atoms with E-state index < -0.39 is 0 Å². The predicted molar refractivity (Wildman–Crippen MR) is 41.7 cm³/mol. The van der Waals surface area contributed by atoms with Crippen molar-refractivity contribution in [1.82, 2.24) is 0 Å². The highest BCUT2D eigenvalue weighted by Crippen LogP contribution is 2.02. The Bertz CT molecular complexity index is 228. The summed E-state index contributed by atoms with van der Waals surface area (Å²) in [6.07, 6.45) is 5.38. The Balaban J connectivity index is 3.09. The van der Waals surface area contributed by atoms with Crippen molar-refractivity contribution in [3.8, 4) is 0 Å². The van der Waals surface area contributed by atoms with Crippen molar-refractivity contribution >= 4 is 0 Å². The molecule has 0 N–H and O–H groups in total. The number of hydrogen-bond donors (Lipinski definition) is 0. The maximum atomic E-state index is 2.18. The molecular formula is C9H14N+. The number of hydrogen-bond acceptors (Lipinski definition) is 0. The molecule has 1 heterocycles. The highest BCUT2D eigenvalue weighted by Gasteiger charge is 1.98. The predicted octanol–water partition coefficient (Wildman–Crippen LogP) is 1.38. The molecule has 0 atom stereocenters. The Kier molecular flexibility index (Phi) is 2.05. The second kappa shape index (κ2) is 2.82. The number of rotatable bonds is 1. The molecule has 0 saturated carbocycles. The van der Waals surface area contributed by atoms with Crippen LogP contribution in [0.3, 0.4) is 0 Å². The SMILES string of the molecule is CCc1c[n+](C)ccc1C. The van der Waals surface area contributed by atoms with Gasteiger partial charge in [0.2, 0.25) is 0 Å². The number of aromatic nitrogens is 1. The summed E-state index contributed by atoms with van der Waals surface area (Å²) in [6.45, 7) is 4.33. The van der Waals surface area contributed by atoms with E-state index in [0.29, 0.717) is 0 Å². The summed E-state index contributed by atoms with van der Waals surface area (Å²) in [5.74, 6) is 0. The first kappa shape index (κ1) is 7.26. The second-order valence-corrected chi connectivity index (χ2v) is 2.67. The summed E-state index contributed by atoms with van der Waals surface area (Å²) in [7, 11) is 2.05. The Morgan fingerprint density at radius 3 is 2.70 bits per heavy atom. The Morgan fingerprint density at radius 2 is 2.20 bits per heavy atom. The van der Waals surface area contributed by atoms with E-state index in [4.69, 9.17) is 0 Å². The molecule has 0 spiro atoms. The molecule has 0 aliphatic rings. The van der Waals surface area contributed by atoms with Gasteiger partial charge in [0.15, 0.2) is 12.4 Å². The maximum Gasteiger partial charge on any atom is 0.171 e. The van der Waals surface area contributed by atoms with Gasteiger partial charge in [0.25, 0.3) is 0 Å².